The van der Waals surface area contributed by atoms with Crippen LogP contribution in [0.1, 0.15) is 50.0 Å². The van der Waals surface area contributed by atoms with Gasteiger partial charge in [-0.05, 0) is 68.9 Å². The number of benzene rings is 1. The number of carbonyl (C=O) groups is 3. The Morgan fingerprint density at radius 3 is 2.40 bits per heavy atom. The van der Waals surface area contributed by atoms with E-state index in [2.05, 4.69) is 10.6 Å². The number of esters is 2. The van der Waals surface area contributed by atoms with Gasteiger partial charge in [-0.3, -0.25) is 10.1 Å². The normalized spacial score (nSPS) is 10.5. The molecule has 2 aromatic heterocycles. The number of ether oxygens (including phenoxy) is 2. The maximum absolute atomic E-state index is 12.7. The van der Waals surface area contributed by atoms with Gasteiger partial charge in [-0.15, -0.1) is 11.3 Å². The maximum atomic E-state index is 12.7. The topological polar surface area (TPSA) is 107 Å². The predicted octanol–water partition coefficient (Wildman–Crippen LogP) is 6.10. The van der Waals surface area contributed by atoms with Crippen molar-refractivity contribution in [1.82, 2.24) is 5.32 Å². The van der Waals surface area contributed by atoms with Crippen LogP contribution in [0.15, 0.2) is 34.7 Å². The third-order valence-electron chi connectivity index (χ3n) is 4.57. The molecule has 0 spiro atoms. The van der Waals surface area contributed by atoms with E-state index in [9.17, 15) is 14.4 Å². The van der Waals surface area contributed by atoms with E-state index in [4.69, 9.17) is 49.3 Å². The molecule has 0 fully saturated rings. The van der Waals surface area contributed by atoms with Gasteiger partial charge in [-0.1, -0.05) is 23.2 Å². The Balaban J connectivity index is 1.78. The number of hydrogen-bond acceptors (Lipinski definition) is 8. The molecule has 0 aliphatic carbocycles. The highest BCUT2D eigenvalue weighted by atomic mass is 35.5. The SMILES string of the molecule is CCOC(=O)c1sc(NC(=S)NC(=O)c2ccc(-c3ccc(Cl)cc3Cl)o2)c(C(=O)OCC)c1C. The van der Waals surface area contributed by atoms with E-state index in [-0.39, 0.29) is 39.5 Å². The van der Waals surface area contributed by atoms with Gasteiger partial charge in [0, 0.05) is 10.6 Å². The molecule has 3 aromatic rings. The lowest BCUT2D eigenvalue weighted by Gasteiger charge is -2.09. The molecule has 0 radical (unpaired) electrons. The van der Waals surface area contributed by atoms with E-state index < -0.39 is 17.8 Å². The second-order valence-electron chi connectivity index (χ2n) is 6.90. The van der Waals surface area contributed by atoms with E-state index in [0.717, 1.165) is 11.3 Å². The minimum absolute atomic E-state index is 0.0182. The van der Waals surface area contributed by atoms with Crippen LogP contribution in [-0.4, -0.2) is 36.2 Å². The second kappa shape index (κ2) is 11.7. The Kier molecular flexibility index (Phi) is 8.90. The molecular weight excluding hydrogens is 535 g/mol. The molecule has 2 N–H and O–H groups in total. The number of halogens is 2. The number of thiophene rings is 1. The van der Waals surface area contributed by atoms with E-state index in [1.54, 1.807) is 45.0 Å². The first-order chi connectivity index (χ1) is 16.7. The van der Waals surface area contributed by atoms with Crippen molar-refractivity contribution in [2.75, 3.05) is 18.5 Å². The summed E-state index contributed by atoms with van der Waals surface area (Å²) in [4.78, 5) is 37.7. The lowest BCUT2D eigenvalue weighted by Crippen LogP contribution is -2.34. The molecule has 1 aromatic carbocycles. The van der Waals surface area contributed by atoms with Crippen molar-refractivity contribution >= 4 is 74.7 Å². The zero-order chi connectivity index (χ0) is 25.7. The molecule has 0 atom stereocenters. The molecule has 1 amide bonds. The van der Waals surface area contributed by atoms with Crippen LogP contribution in [0, 0.1) is 6.92 Å². The van der Waals surface area contributed by atoms with Crippen LogP contribution >= 0.6 is 46.8 Å². The Labute approximate surface area is 220 Å². The molecule has 2 heterocycles. The average Bonchev–Trinajstić information content (AvgIpc) is 3.39. The number of hydrogen-bond donors (Lipinski definition) is 2. The van der Waals surface area contributed by atoms with Crippen LogP contribution in [-0.2, 0) is 9.47 Å². The monoisotopic (exact) mass is 554 g/mol. The Bertz CT molecular complexity index is 1300. The van der Waals surface area contributed by atoms with E-state index in [1.807, 2.05) is 0 Å². The van der Waals surface area contributed by atoms with E-state index >= 15 is 0 Å². The summed E-state index contributed by atoms with van der Waals surface area (Å²) in [5.41, 5.74) is 1.09. The first kappa shape index (κ1) is 26.7. The molecule has 0 unspecified atom stereocenters. The van der Waals surface area contributed by atoms with Gasteiger partial charge in [0.25, 0.3) is 5.91 Å². The smallest absolute Gasteiger partial charge is 0.348 e. The second-order valence-corrected chi connectivity index (χ2v) is 9.17. The van der Waals surface area contributed by atoms with Gasteiger partial charge in [-0.25, -0.2) is 9.59 Å². The highest BCUT2D eigenvalue weighted by Gasteiger charge is 2.27. The van der Waals surface area contributed by atoms with Gasteiger partial charge >= 0.3 is 11.9 Å². The average molecular weight is 555 g/mol. The van der Waals surface area contributed by atoms with Crippen molar-refractivity contribution in [1.29, 1.82) is 0 Å². The van der Waals surface area contributed by atoms with Gasteiger partial charge in [-0.2, -0.15) is 0 Å². The molecule has 35 heavy (non-hydrogen) atoms. The summed E-state index contributed by atoms with van der Waals surface area (Å²) >= 11 is 18.3. The molecular formula is C23H20Cl2N2O6S2. The van der Waals surface area contributed by atoms with Crippen molar-refractivity contribution in [3.63, 3.8) is 0 Å². The zero-order valence-electron chi connectivity index (χ0n) is 18.8. The fourth-order valence-corrected chi connectivity index (χ4v) is 4.89. The molecule has 184 valence electrons. The van der Waals surface area contributed by atoms with Crippen molar-refractivity contribution < 1.29 is 28.3 Å². The molecule has 3 rings (SSSR count). The number of nitrogens with one attached hydrogen (secondary N) is 2. The summed E-state index contributed by atoms with van der Waals surface area (Å²) in [5.74, 6) is -1.49. The first-order valence-electron chi connectivity index (χ1n) is 10.3. The molecule has 12 heteroatoms. The standard InChI is InChI=1S/C23H20Cl2N2O6S2/c1-4-31-21(29)17-11(3)18(22(30)32-5-2)35-20(17)27-23(34)26-19(28)16-9-8-15(33-16)13-7-6-12(24)10-14(13)25/h6-10H,4-5H2,1-3H3,(H2,26,27,28,34). The number of anilines is 1. The summed E-state index contributed by atoms with van der Waals surface area (Å²) in [6.45, 7) is 5.26. The number of thiocarbonyl (C=S) groups is 1. The summed E-state index contributed by atoms with van der Waals surface area (Å²) in [5, 5.41) is 6.25. The van der Waals surface area contributed by atoms with Crippen LogP contribution in [0.2, 0.25) is 10.0 Å². The summed E-state index contributed by atoms with van der Waals surface area (Å²) in [6, 6.07) is 7.95. The quantitative estimate of drug-likeness (QED) is 0.266. The predicted molar refractivity (Wildman–Crippen MR) is 139 cm³/mol. The largest absolute Gasteiger partial charge is 0.462 e. The van der Waals surface area contributed by atoms with Gasteiger partial charge in [0.05, 0.1) is 23.8 Å². The van der Waals surface area contributed by atoms with Gasteiger partial charge in [0.15, 0.2) is 10.9 Å². The lowest BCUT2D eigenvalue weighted by molar-refractivity contribution is 0.0527. The van der Waals surface area contributed by atoms with Crippen LogP contribution in [0.4, 0.5) is 5.00 Å². The van der Waals surface area contributed by atoms with E-state index in [1.165, 1.54) is 6.07 Å². The molecule has 8 nitrogen and oxygen atoms in total. The van der Waals surface area contributed by atoms with E-state index in [0.29, 0.717) is 26.9 Å². The Hall–Kier alpha value is -2.92. The molecule has 0 aliphatic rings. The summed E-state index contributed by atoms with van der Waals surface area (Å²) in [7, 11) is 0. The third kappa shape index (κ3) is 6.21. The third-order valence-corrected chi connectivity index (χ3v) is 6.51. The fourth-order valence-electron chi connectivity index (χ4n) is 3.03. The van der Waals surface area contributed by atoms with Crippen molar-refractivity contribution in [3.05, 3.63) is 62.1 Å². The molecule has 0 aliphatic heterocycles. The number of furan rings is 1. The van der Waals surface area contributed by atoms with Gasteiger partial charge in [0.2, 0.25) is 0 Å². The minimum atomic E-state index is -0.635. The van der Waals surface area contributed by atoms with Crippen molar-refractivity contribution in [2.24, 2.45) is 0 Å². The van der Waals surface area contributed by atoms with Gasteiger partial charge in [0.1, 0.15) is 15.6 Å². The Morgan fingerprint density at radius 1 is 1.06 bits per heavy atom. The number of rotatable bonds is 7. The Morgan fingerprint density at radius 2 is 1.74 bits per heavy atom. The molecule has 0 saturated carbocycles. The first-order valence-corrected chi connectivity index (χ1v) is 12.3. The van der Waals surface area contributed by atoms with Crippen LogP contribution in [0.5, 0.6) is 0 Å². The van der Waals surface area contributed by atoms with Crippen molar-refractivity contribution in [2.45, 2.75) is 20.8 Å². The highest BCUT2D eigenvalue weighted by Crippen LogP contribution is 2.35. The summed E-state index contributed by atoms with van der Waals surface area (Å²) in [6.07, 6.45) is 0. The summed E-state index contributed by atoms with van der Waals surface area (Å²) < 4.78 is 15.8. The minimum Gasteiger partial charge on any atom is -0.462 e. The highest BCUT2D eigenvalue weighted by molar-refractivity contribution is 7.80. The van der Waals surface area contributed by atoms with Crippen LogP contribution in [0.3, 0.4) is 0 Å². The molecule has 0 bridgehead atoms. The van der Waals surface area contributed by atoms with Gasteiger partial charge < -0.3 is 19.2 Å². The van der Waals surface area contributed by atoms with Crippen LogP contribution in [0.25, 0.3) is 11.3 Å². The van der Waals surface area contributed by atoms with Crippen LogP contribution < -0.4 is 10.6 Å². The maximum Gasteiger partial charge on any atom is 0.348 e. The van der Waals surface area contributed by atoms with Crippen molar-refractivity contribution in [3.8, 4) is 11.3 Å². The number of carbonyl (C=O) groups excluding carboxylic acids is 3. The lowest BCUT2D eigenvalue weighted by atomic mass is 10.1. The zero-order valence-corrected chi connectivity index (χ0v) is 22.0. The molecule has 0 saturated heterocycles. The number of amides is 1. The fraction of sp³-hybridized carbons (Fsp3) is 0.217.